The van der Waals surface area contributed by atoms with E-state index >= 15 is 0 Å². The average Bonchev–Trinajstić information content (AvgIpc) is 3.21. The fourth-order valence-electron chi connectivity index (χ4n) is 7.69. The number of ether oxygens (including phenoxy) is 2. The number of rotatable bonds is 20. The SMILES string of the molecule is CC(C)c1ccc(OP(OCCOCCOCCOP(Oc2ccc(C(C)(C)C)cc2C(C)(C)C)Oc2ccc(C(C)(C)C)cc2C(C)(C)C)Oc2ccc(C(C)(C)C)cc2C(C)(C)C)c(C(C)(C)C)c1. The van der Waals surface area contributed by atoms with E-state index in [2.05, 4.69) is 232 Å². The molecule has 0 fully saturated rings. The van der Waals surface area contributed by atoms with Crippen LogP contribution in [0.2, 0.25) is 0 Å². The smallest absolute Gasteiger partial charge is 0.417 e. The van der Waals surface area contributed by atoms with Crippen molar-refractivity contribution in [3.63, 3.8) is 0 Å². The Hall–Kier alpha value is -3.22. The third-order valence-corrected chi connectivity index (χ3v) is 14.5. The molecule has 0 saturated heterocycles. The molecule has 0 radical (unpaired) electrons. The molecule has 4 aromatic carbocycles. The van der Waals surface area contributed by atoms with Gasteiger partial charge in [-0.2, -0.15) is 0 Å². The second-order valence-corrected chi connectivity index (χ2v) is 28.6. The van der Waals surface area contributed by atoms with Crippen LogP contribution in [0.1, 0.15) is 210 Å². The zero-order valence-electron chi connectivity index (χ0n) is 48.4. The predicted octanol–water partition coefficient (Wildman–Crippen LogP) is 18.0. The van der Waals surface area contributed by atoms with Crippen LogP contribution in [0.4, 0.5) is 0 Å². The summed E-state index contributed by atoms with van der Waals surface area (Å²) in [7, 11) is -3.73. The minimum Gasteiger partial charge on any atom is -0.417 e. The Balaban J connectivity index is 1.45. The highest BCUT2D eigenvalue weighted by Gasteiger charge is 2.32. The van der Waals surface area contributed by atoms with Crippen molar-refractivity contribution in [2.75, 3.05) is 39.6 Å². The lowest BCUT2D eigenvalue weighted by molar-refractivity contribution is 0.0257. The van der Waals surface area contributed by atoms with Gasteiger partial charge in [-0.15, -0.1) is 0 Å². The lowest BCUT2D eigenvalue weighted by atomic mass is 9.80. The Bertz CT molecular complexity index is 2240. The highest BCUT2D eigenvalue weighted by molar-refractivity contribution is 7.42. The summed E-state index contributed by atoms with van der Waals surface area (Å²) in [5.41, 5.74) is 8.69. The van der Waals surface area contributed by atoms with Crippen LogP contribution in [0, 0.1) is 0 Å². The Morgan fingerprint density at radius 2 is 0.577 bits per heavy atom. The van der Waals surface area contributed by atoms with Crippen molar-refractivity contribution in [2.45, 2.75) is 203 Å². The van der Waals surface area contributed by atoms with Gasteiger partial charge in [0.25, 0.3) is 0 Å². The molecular formula is C61H94O8P2. The van der Waals surface area contributed by atoms with Crippen LogP contribution in [0.5, 0.6) is 23.0 Å². The fraction of sp³-hybridized carbons (Fsp3) is 0.607. The van der Waals surface area contributed by atoms with Gasteiger partial charge in [0, 0.05) is 22.3 Å². The van der Waals surface area contributed by atoms with Crippen LogP contribution in [-0.2, 0) is 56.4 Å². The van der Waals surface area contributed by atoms with Crippen molar-refractivity contribution < 1.29 is 36.6 Å². The van der Waals surface area contributed by atoms with Crippen LogP contribution in [0.15, 0.2) is 72.8 Å². The van der Waals surface area contributed by atoms with Crippen molar-refractivity contribution in [1.29, 1.82) is 0 Å². The first-order valence-electron chi connectivity index (χ1n) is 25.8. The predicted molar refractivity (Wildman–Crippen MR) is 301 cm³/mol. The molecule has 0 bridgehead atoms. The topological polar surface area (TPSA) is 73.8 Å². The molecule has 0 amide bonds. The minimum absolute atomic E-state index is 0.0120. The number of hydrogen-bond donors (Lipinski definition) is 0. The molecule has 0 saturated carbocycles. The third kappa shape index (κ3) is 18.3. The monoisotopic (exact) mass is 1020 g/mol. The fourth-order valence-corrected chi connectivity index (χ4v) is 9.70. The van der Waals surface area contributed by atoms with Crippen LogP contribution < -0.4 is 18.1 Å². The summed E-state index contributed by atoms with van der Waals surface area (Å²) in [6, 6.07) is 25.9. The van der Waals surface area contributed by atoms with Crippen LogP contribution in [-0.4, -0.2) is 39.6 Å². The molecular weight excluding hydrogens is 923 g/mol. The Kier molecular flexibility index (Phi) is 20.4. The molecule has 71 heavy (non-hydrogen) atoms. The largest absolute Gasteiger partial charge is 0.463 e. The second kappa shape index (κ2) is 24.0. The van der Waals surface area contributed by atoms with E-state index in [-0.39, 0.29) is 51.1 Å². The molecule has 0 aliphatic carbocycles. The number of hydrogen-bond acceptors (Lipinski definition) is 8. The van der Waals surface area contributed by atoms with Gasteiger partial charge in [-0.05, 0) is 90.3 Å². The highest BCUT2D eigenvalue weighted by atomic mass is 31.2. The first-order chi connectivity index (χ1) is 32.5. The first-order valence-corrected chi connectivity index (χ1v) is 28.0. The molecule has 10 heteroatoms. The molecule has 0 aromatic heterocycles. The molecule has 396 valence electrons. The summed E-state index contributed by atoms with van der Waals surface area (Å²) in [4.78, 5) is 0. The van der Waals surface area contributed by atoms with E-state index in [9.17, 15) is 0 Å². The molecule has 0 N–H and O–H groups in total. The van der Waals surface area contributed by atoms with Crippen molar-refractivity contribution in [3.05, 3.63) is 117 Å². The maximum absolute atomic E-state index is 6.76. The Labute approximate surface area is 435 Å². The summed E-state index contributed by atoms with van der Waals surface area (Å²) < 4.78 is 52.0. The van der Waals surface area contributed by atoms with Gasteiger partial charge < -0.3 is 27.6 Å². The van der Waals surface area contributed by atoms with Crippen molar-refractivity contribution in [2.24, 2.45) is 0 Å². The van der Waals surface area contributed by atoms with E-state index < -0.39 is 17.2 Å². The lowest BCUT2D eigenvalue weighted by Crippen LogP contribution is -2.19. The summed E-state index contributed by atoms with van der Waals surface area (Å²) in [6.45, 7) is 53.0. The van der Waals surface area contributed by atoms with Gasteiger partial charge >= 0.3 is 17.2 Å². The molecule has 8 nitrogen and oxygen atoms in total. The van der Waals surface area contributed by atoms with E-state index in [0.29, 0.717) is 32.3 Å². The van der Waals surface area contributed by atoms with E-state index in [0.717, 1.165) is 45.3 Å². The molecule has 4 rings (SSSR count). The number of benzene rings is 4. The maximum Gasteiger partial charge on any atom is 0.463 e. The maximum atomic E-state index is 6.76. The van der Waals surface area contributed by atoms with Gasteiger partial charge in [-0.25, -0.2) is 0 Å². The summed E-state index contributed by atoms with van der Waals surface area (Å²) >= 11 is 0. The summed E-state index contributed by atoms with van der Waals surface area (Å²) in [5, 5.41) is 0. The zero-order valence-corrected chi connectivity index (χ0v) is 50.2. The molecule has 1 unspecified atom stereocenters. The van der Waals surface area contributed by atoms with Gasteiger partial charge in [0.2, 0.25) is 0 Å². The van der Waals surface area contributed by atoms with E-state index in [1.807, 2.05) is 0 Å². The highest BCUT2D eigenvalue weighted by Crippen LogP contribution is 2.50. The van der Waals surface area contributed by atoms with Gasteiger partial charge in [0.15, 0.2) is 0 Å². The van der Waals surface area contributed by atoms with Crippen LogP contribution in [0.3, 0.4) is 0 Å². The van der Waals surface area contributed by atoms with E-state index in [1.165, 1.54) is 22.3 Å². The zero-order chi connectivity index (χ0) is 53.5. The van der Waals surface area contributed by atoms with Crippen molar-refractivity contribution >= 4 is 17.2 Å². The van der Waals surface area contributed by atoms with Crippen LogP contribution in [0.25, 0.3) is 0 Å². The van der Waals surface area contributed by atoms with Gasteiger partial charge in [0.05, 0.1) is 39.6 Å². The molecule has 4 aromatic rings. The normalized spacial score (nSPS) is 13.8. The van der Waals surface area contributed by atoms with Gasteiger partial charge in [-0.1, -0.05) is 208 Å². The van der Waals surface area contributed by atoms with Gasteiger partial charge in [0.1, 0.15) is 23.0 Å². The van der Waals surface area contributed by atoms with Gasteiger partial charge in [-0.3, -0.25) is 9.05 Å². The second-order valence-electron chi connectivity index (χ2n) is 26.5. The van der Waals surface area contributed by atoms with Crippen molar-refractivity contribution in [1.82, 2.24) is 0 Å². The standard InChI is InChI=1S/C61H94O8P2/c1-42(2)43-24-28-51(47(38-43)58(12,13)14)66-70(67-52-29-25-44(55(3,4)5)39-48(52)59(15,16)17)64-36-34-62-32-33-63-35-37-65-71(68-53-30-26-45(56(6,7)8)40-49(53)60(18,19)20)69-54-31-27-46(57(9,10)11)41-50(54)61(21,22)23/h24-31,38-42H,32-37H2,1-23H3. The summed E-state index contributed by atoms with van der Waals surface area (Å²) in [6.07, 6.45) is 0. The van der Waals surface area contributed by atoms with Crippen LogP contribution >= 0.6 is 17.2 Å². The van der Waals surface area contributed by atoms with Crippen molar-refractivity contribution in [3.8, 4) is 23.0 Å². The average molecular weight is 1020 g/mol. The lowest BCUT2D eigenvalue weighted by Gasteiger charge is -2.30. The quantitative estimate of drug-likeness (QED) is 0.0640. The first kappa shape index (κ1) is 60.3. The summed E-state index contributed by atoms with van der Waals surface area (Å²) in [5.74, 6) is 3.40. The Morgan fingerprint density at radius 3 is 0.831 bits per heavy atom. The molecule has 0 aliphatic rings. The third-order valence-electron chi connectivity index (χ3n) is 12.4. The van der Waals surface area contributed by atoms with E-state index in [1.54, 1.807) is 0 Å². The van der Waals surface area contributed by atoms with E-state index in [4.69, 9.17) is 36.6 Å². The minimum atomic E-state index is -1.87. The molecule has 0 aliphatic heterocycles. The molecule has 0 spiro atoms. The molecule has 1 atom stereocenters. The Morgan fingerprint density at radius 1 is 0.324 bits per heavy atom. The molecule has 0 heterocycles.